The van der Waals surface area contributed by atoms with Gasteiger partial charge in [-0.2, -0.15) is 0 Å². The number of amides is 1. The number of hydrogen-bond acceptors (Lipinski definition) is 1. The van der Waals surface area contributed by atoms with Gasteiger partial charge in [-0.3, -0.25) is 4.79 Å². The molecule has 1 amide bonds. The van der Waals surface area contributed by atoms with Gasteiger partial charge in [-0.25, -0.2) is 0 Å². The average molecular weight is 319 g/mol. The summed E-state index contributed by atoms with van der Waals surface area (Å²) in [7, 11) is 0. The second-order valence-corrected chi connectivity index (χ2v) is 7.12. The molecule has 3 nitrogen and oxygen atoms in total. The van der Waals surface area contributed by atoms with Crippen molar-refractivity contribution < 1.29 is 4.79 Å². The van der Waals surface area contributed by atoms with Crippen molar-refractivity contribution in [3.05, 3.63) is 35.0 Å². The summed E-state index contributed by atoms with van der Waals surface area (Å²) >= 11 is 6.13. The van der Waals surface area contributed by atoms with E-state index >= 15 is 0 Å². The number of rotatable bonds is 3. The van der Waals surface area contributed by atoms with Crippen molar-refractivity contribution in [1.29, 1.82) is 0 Å². The highest BCUT2D eigenvalue weighted by molar-refractivity contribution is 6.31. The number of fused-ring (bicyclic) bond motifs is 1. The summed E-state index contributed by atoms with van der Waals surface area (Å²) in [5.74, 6) is 1.24. The monoisotopic (exact) mass is 318 g/mol. The van der Waals surface area contributed by atoms with Crippen molar-refractivity contribution in [2.45, 2.75) is 39.0 Å². The average Bonchev–Trinajstić information content (AvgIpc) is 2.89. The minimum Gasteiger partial charge on any atom is -0.361 e. The van der Waals surface area contributed by atoms with Crippen LogP contribution in [0.3, 0.4) is 0 Å². The number of likely N-dealkylation sites (tertiary alicyclic amines) is 1. The van der Waals surface area contributed by atoms with Crippen molar-refractivity contribution in [2.75, 3.05) is 13.1 Å². The summed E-state index contributed by atoms with van der Waals surface area (Å²) in [5, 5.41) is 2.00. The molecule has 1 fully saturated rings. The second-order valence-electron chi connectivity index (χ2n) is 6.69. The first-order valence-corrected chi connectivity index (χ1v) is 8.46. The maximum atomic E-state index is 12.2. The zero-order valence-electron chi connectivity index (χ0n) is 13.2. The Balaban J connectivity index is 1.70. The molecule has 1 N–H and O–H groups in total. The Morgan fingerprint density at radius 1 is 1.36 bits per heavy atom. The van der Waals surface area contributed by atoms with Crippen LogP contribution in [0.4, 0.5) is 0 Å². The minimum atomic E-state index is 0.301. The van der Waals surface area contributed by atoms with Crippen molar-refractivity contribution >= 4 is 28.4 Å². The fourth-order valence-electron chi connectivity index (χ4n) is 3.37. The van der Waals surface area contributed by atoms with Crippen LogP contribution in [0, 0.1) is 5.92 Å². The first kappa shape index (κ1) is 15.4. The normalized spacial score (nSPS) is 16.6. The first-order valence-electron chi connectivity index (χ1n) is 8.09. The Bertz CT molecular complexity index is 669. The van der Waals surface area contributed by atoms with Gasteiger partial charge in [0.05, 0.1) is 0 Å². The third kappa shape index (κ3) is 3.14. The molecular weight excluding hydrogens is 296 g/mol. The molecule has 0 unspecified atom stereocenters. The SMILES string of the molecule is CC(C)CC(=O)N1CCC(c2c[nH]c3ccc(Cl)cc23)CC1. The Morgan fingerprint density at radius 3 is 2.77 bits per heavy atom. The van der Waals surface area contributed by atoms with E-state index in [0.29, 0.717) is 24.2 Å². The number of benzene rings is 1. The molecule has 1 aromatic carbocycles. The smallest absolute Gasteiger partial charge is 0.222 e. The van der Waals surface area contributed by atoms with Crippen molar-refractivity contribution in [3.8, 4) is 0 Å². The number of halogens is 1. The molecular formula is C18H23ClN2O. The summed E-state index contributed by atoms with van der Waals surface area (Å²) in [6, 6.07) is 5.98. The number of nitrogens with zero attached hydrogens (tertiary/aromatic N) is 1. The van der Waals surface area contributed by atoms with E-state index in [1.807, 2.05) is 23.1 Å². The van der Waals surface area contributed by atoms with Crippen LogP contribution in [0.5, 0.6) is 0 Å². The Kier molecular flexibility index (Phi) is 4.44. The van der Waals surface area contributed by atoms with Gasteiger partial charge in [0.2, 0.25) is 5.91 Å². The fraction of sp³-hybridized carbons (Fsp3) is 0.500. The van der Waals surface area contributed by atoms with E-state index in [4.69, 9.17) is 11.6 Å². The number of aromatic amines is 1. The number of carbonyl (C=O) groups is 1. The third-order valence-corrected chi connectivity index (χ3v) is 4.78. The molecule has 0 aliphatic carbocycles. The molecule has 1 saturated heterocycles. The molecule has 1 aliphatic rings. The topological polar surface area (TPSA) is 36.1 Å². The molecule has 2 heterocycles. The predicted octanol–water partition coefficient (Wildman–Crippen LogP) is 4.57. The number of nitrogens with one attached hydrogen (secondary N) is 1. The van der Waals surface area contributed by atoms with E-state index in [1.165, 1.54) is 10.9 Å². The van der Waals surface area contributed by atoms with Crippen LogP contribution in [0.25, 0.3) is 10.9 Å². The molecule has 3 rings (SSSR count). The van der Waals surface area contributed by atoms with Crippen molar-refractivity contribution in [1.82, 2.24) is 9.88 Å². The van der Waals surface area contributed by atoms with E-state index in [0.717, 1.165) is 36.5 Å². The van der Waals surface area contributed by atoms with Gasteiger partial charge in [-0.15, -0.1) is 0 Å². The summed E-state index contributed by atoms with van der Waals surface area (Å²) < 4.78 is 0. The van der Waals surface area contributed by atoms with Gasteiger partial charge in [0.15, 0.2) is 0 Å². The van der Waals surface area contributed by atoms with Gasteiger partial charge in [-0.05, 0) is 48.4 Å². The highest BCUT2D eigenvalue weighted by atomic mass is 35.5. The molecule has 22 heavy (non-hydrogen) atoms. The molecule has 0 spiro atoms. The number of piperidine rings is 1. The van der Waals surface area contributed by atoms with Crippen LogP contribution in [0.2, 0.25) is 5.02 Å². The zero-order chi connectivity index (χ0) is 15.7. The molecule has 1 aliphatic heterocycles. The lowest BCUT2D eigenvalue weighted by Gasteiger charge is -2.32. The molecule has 4 heteroatoms. The summed E-state index contributed by atoms with van der Waals surface area (Å²) in [6.07, 6.45) is 4.83. The highest BCUT2D eigenvalue weighted by Crippen LogP contribution is 2.34. The lowest BCUT2D eigenvalue weighted by atomic mass is 9.89. The van der Waals surface area contributed by atoms with Crippen LogP contribution in [0.1, 0.15) is 44.6 Å². The fourth-order valence-corrected chi connectivity index (χ4v) is 3.54. The van der Waals surface area contributed by atoms with Crippen LogP contribution < -0.4 is 0 Å². The number of carbonyl (C=O) groups excluding carboxylic acids is 1. The Hall–Kier alpha value is -1.48. The number of hydrogen-bond donors (Lipinski definition) is 1. The van der Waals surface area contributed by atoms with E-state index in [-0.39, 0.29) is 0 Å². The van der Waals surface area contributed by atoms with Gasteiger partial charge >= 0.3 is 0 Å². The molecule has 0 radical (unpaired) electrons. The summed E-state index contributed by atoms with van der Waals surface area (Å²) in [4.78, 5) is 17.5. The van der Waals surface area contributed by atoms with Gasteiger partial charge < -0.3 is 9.88 Å². The Labute approximate surface area is 136 Å². The third-order valence-electron chi connectivity index (χ3n) is 4.55. The van der Waals surface area contributed by atoms with E-state index < -0.39 is 0 Å². The van der Waals surface area contributed by atoms with Crippen LogP contribution in [-0.4, -0.2) is 28.9 Å². The molecule has 0 bridgehead atoms. The maximum Gasteiger partial charge on any atom is 0.222 e. The second kappa shape index (κ2) is 6.33. The molecule has 1 aromatic heterocycles. The molecule has 118 valence electrons. The first-order chi connectivity index (χ1) is 10.5. The van der Waals surface area contributed by atoms with Gasteiger partial charge in [0, 0.05) is 41.6 Å². The van der Waals surface area contributed by atoms with Crippen LogP contribution >= 0.6 is 11.6 Å². The maximum absolute atomic E-state index is 12.2. The van der Waals surface area contributed by atoms with Gasteiger partial charge in [-0.1, -0.05) is 25.4 Å². The number of H-pyrrole nitrogens is 1. The minimum absolute atomic E-state index is 0.301. The lowest BCUT2D eigenvalue weighted by Crippen LogP contribution is -2.38. The van der Waals surface area contributed by atoms with Crippen LogP contribution in [0.15, 0.2) is 24.4 Å². The predicted molar refractivity (Wildman–Crippen MR) is 91.3 cm³/mol. The molecule has 2 aromatic rings. The Morgan fingerprint density at radius 2 is 2.09 bits per heavy atom. The van der Waals surface area contributed by atoms with Crippen LogP contribution in [-0.2, 0) is 4.79 Å². The molecule has 0 atom stereocenters. The largest absolute Gasteiger partial charge is 0.361 e. The number of aromatic nitrogens is 1. The quantitative estimate of drug-likeness (QED) is 0.884. The standard InChI is InChI=1S/C18H23ClN2O/c1-12(2)9-18(22)21-7-5-13(6-8-21)16-11-20-17-4-3-14(19)10-15(16)17/h3-4,10-13,20H,5-9H2,1-2H3. The summed E-state index contributed by atoms with van der Waals surface area (Å²) in [5.41, 5.74) is 2.48. The zero-order valence-corrected chi connectivity index (χ0v) is 14.0. The summed E-state index contributed by atoms with van der Waals surface area (Å²) in [6.45, 7) is 5.92. The van der Waals surface area contributed by atoms with Crippen molar-refractivity contribution in [2.24, 2.45) is 5.92 Å². The van der Waals surface area contributed by atoms with Gasteiger partial charge in [0.1, 0.15) is 0 Å². The van der Waals surface area contributed by atoms with E-state index in [9.17, 15) is 4.79 Å². The lowest BCUT2D eigenvalue weighted by molar-refractivity contribution is -0.133. The van der Waals surface area contributed by atoms with E-state index in [2.05, 4.69) is 25.0 Å². The highest BCUT2D eigenvalue weighted by Gasteiger charge is 2.25. The van der Waals surface area contributed by atoms with Gasteiger partial charge in [0.25, 0.3) is 0 Å². The van der Waals surface area contributed by atoms with E-state index in [1.54, 1.807) is 0 Å². The van der Waals surface area contributed by atoms with Crippen molar-refractivity contribution in [3.63, 3.8) is 0 Å². The molecule has 0 saturated carbocycles.